The van der Waals surface area contributed by atoms with Gasteiger partial charge in [0.15, 0.2) is 5.96 Å². The van der Waals surface area contributed by atoms with Gasteiger partial charge >= 0.3 is 0 Å². The maximum atomic E-state index is 11.4. The molecule has 1 fully saturated rings. The fourth-order valence-corrected chi connectivity index (χ4v) is 3.63. The maximum Gasteiger partial charge on any atom is 0.211 e. The molecule has 3 N–H and O–H groups in total. The third-order valence-corrected chi connectivity index (χ3v) is 5.94. The highest BCUT2D eigenvalue weighted by molar-refractivity contribution is 7.89. The molecule has 0 spiro atoms. The molecule has 1 rings (SSSR count). The topological polar surface area (TPSA) is 91.8 Å². The van der Waals surface area contributed by atoms with E-state index in [1.165, 1.54) is 25.7 Å². The Balaban J connectivity index is 2.51. The Labute approximate surface area is 147 Å². The predicted molar refractivity (Wildman–Crippen MR) is 98.8 cm³/mol. The van der Waals surface area contributed by atoms with Crippen molar-refractivity contribution in [2.24, 2.45) is 10.4 Å². The number of hydrogen-bond donors (Lipinski definition) is 3. The van der Waals surface area contributed by atoms with Crippen molar-refractivity contribution in [1.29, 1.82) is 0 Å². The summed E-state index contributed by atoms with van der Waals surface area (Å²) in [5.41, 5.74) is 0.252. The molecule has 0 amide bonds. The van der Waals surface area contributed by atoms with Gasteiger partial charge in [0.1, 0.15) is 0 Å². The van der Waals surface area contributed by atoms with Crippen LogP contribution in [-0.4, -0.2) is 60.0 Å². The van der Waals surface area contributed by atoms with Gasteiger partial charge in [0.05, 0.1) is 5.75 Å². The Kier molecular flexibility index (Phi) is 9.61. The van der Waals surface area contributed by atoms with E-state index >= 15 is 0 Å². The second-order valence-electron chi connectivity index (χ2n) is 6.37. The third-order valence-electron chi connectivity index (χ3n) is 4.54. The van der Waals surface area contributed by atoms with Crippen LogP contribution in [0, 0.1) is 5.41 Å². The van der Waals surface area contributed by atoms with Gasteiger partial charge < -0.3 is 15.4 Å². The molecule has 0 bridgehead atoms. The Morgan fingerprint density at radius 2 is 1.88 bits per heavy atom. The smallest absolute Gasteiger partial charge is 0.211 e. The van der Waals surface area contributed by atoms with E-state index in [4.69, 9.17) is 9.73 Å². The second kappa shape index (κ2) is 10.9. The molecule has 0 aliphatic heterocycles. The summed E-state index contributed by atoms with van der Waals surface area (Å²) in [5.74, 6) is 0.847. The van der Waals surface area contributed by atoms with Crippen LogP contribution >= 0.6 is 0 Å². The van der Waals surface area contributed by atoms with Crippen LogP contribution in [0.2, 0.25) is 0 Å². The summed E-state index contributed by atoms with van der Waals surface area (Å²) < 4.78 is 30.6. The van der Waals surface area contributed by atoms with Crippen LogP contribution in [0.25, 0.3) is 0 Å². The van der Waals surface area contributed by atoms with E-state index in [2.05, 4.69) is 15.4 Å². The molecule has 1 saturated carbocycles. The molecule has 0 unspecified atom stereocenters. The minimum absolute atomic E-state index is 0.100. The first-order chi connectivity index (χ1) is 11.5. The number of sulfonamides is 1. The summed E-state index contributed by atoms with van der Waals surface area (Å²) in [4.78, 5) is 4.74. The molecule has 0 aromatic heterocycles. The van der Waals surface area contributed by atoms with Gasteiger partial charge in [-0.3, -0.25) is 4.99 Å². The summed E-state index contributed by atoms with van der Waals surface area (Å²) in [5, 5.41) is 6.42. The number of hydrogen-bond acceptors (Lipinski definition) is 4. The fourth-order valence-electron chi connectivity index (χ4n) is 3.01. The second-order valence-corrected chi connectivity index (χ2v) is 8.47. The van der Waals surface area contributed by atoms with E-state index in [9.17, 15) is 8.42 Å². The van der Waals surface area contributed by atoms with Crippen molar-refractivity contribution in [3.05, 3.63) is 0 Å². The SMILES string of the molecule is CCNC(=NCC1(CCOC)CCCC1)NCCNS(=O)(=O)CC. The van der Waals surface area contributed by atoms with Crippen molar-refractivity contribution in [2.75, 3.05) is 45.6 Å². The zero-order valence-corrected chi connectivity index (χ0v) is 16.2. The number of nitrogens with one attached hydrogen (secondary N) is 3. The minimum Gasteiger partial charge on any atom is -0.385 e. The third kappa shape index (κ3) is 7.81. The molecule has 0 atom stereocenters. The molecule has 0 heterocycles. The molecule has 7 nitrogen and oxygen atoms in total. The van der Waals surface area contributed by atoms with E-state index in [-0.39, 0.29) is 11.2 Å². The average Bonchev–Trinajstić information content (AvgIpc) is 3.04. The van der Waals surface area contributed by atoms with Crippen LogP contribution in [0.1, 0.15) is 46.0 Å². The molecule has 142 valence electrons. The predicted octanol–water partition coefficient (Wildman–Crippen LogP) is 1.08. The van der Waals surface area contributed by atoms with E-state index in [0.717, 1.165) is 32.1 Å². The van der Waals surface area contributed by atoms with E-state index in [1.54, 1.807) is 14.0 Å². The van der Waals surface area contributed by atoms with Crippen molar-refractivity contribution < 1.29 is 13.2 Å². The summed E-state index contributed by atoms with van der Waals surface area (Å²) >= 11 is 0. The highest BCUT2D eigenvalue weighted by Gasteiger charge is 2.33. The van der Waals surface area contributed by atoms with Crippen molar-refractivity contribution in [2.45, 2.75) is 46.0 Å². The molecule has 0 radical (unpaired) electrons. The van der Waals surface area contributed by atoms with Crippen LogP contribution < -0.4 is 15.4 Å². The van der Waals surface area contributed by atoms with E-state index in [1.807, 2.05) is 6.92 Å². The van der Waals surface area contributed by atoms with Gasteiger partial charge in [-0.15, -0.1) is 0 Å². The average molecular weight is 363 g/mol. The largest absolute Gasteiger partial charge is 0.385 e. The quantitative estimate of drug-likeness (QED) is 0.291. The van der Waals surface area contributed by atoms with Crippen LogP contribution in [0.3, 0.4) is 0 Å². The van der Waals surface area contributed by atoms with Crippen molar-refractivity contribution in [3.8, 4) is 0 Å². The highest BCUT2D eigenvalue weighted by atomic mass is 32.2. The molecule has 8 heteroatoms. The van der Waals surface area contributed by atoms with Crippen molar-refractivity contribution in [1.82, 2.24) is 15.4 Å². The Morgan fingerprint density at radius 3 is 2.46 bits per heavy atom. The lowest BCUT2D eigenvalue weighted by Gasteiger charge is -2.27. The standard InChI is InChI=1S/C16H34N4O3S/c1-4-17-15(18-11-12-20-24(21,22)5-2)19-14-16(10-13-23-3)8-6-7-9-16/h20H,4-14H2,1-3H3,(H2,17,18,19). The Morgan fingerprint density at radius 1 is 1.17 bits per heavy atom. The number of aliphatic imine (C=N–C) groups is 1. The number of ether oxygens (including phenoxy) is 1. The maximum absolute atomic E-state index is 11.4. The highest BCUT2D eigenvalue weighted by Crippen LogP contribution is 2.41. The first kappa shape index (κ1) is 21.2. The minimum atomic E-state index is -3.14. The van der Waals surface area contributed by atoms with E-state index < -0.39 is 10.0 Å². The first-order valence-corrected chi connectivity index (χ1v) is 10.6. The van der Waals surface area contributed by atoms with Crippen LogP contribution in [-0.2, 0) is 14.8 Å². The fraction of sp³-hybridized carbons (Fsp3) is 0.938. The van der Waals surface area contributed by atoms with Gasteiger partial charge in [-0.1, -0.05) is 12.8 Å². The number of rotatable bonds is 11. The molecule has 0 saturated heterocycles. The number of nitrogens with zero attached hydrogens (tertiary/aromatic N) is 1. The lowest BCUT2D eigenvalue weighted by atomic mass is 9.83. The van der Waals surface area contributed by atoms with Gasteiger partial charge in [-0.05, 0) is 38.5 Å². The molecular weight excluding hydrogens is 328 g/mol. The number of guanidine groups is 1. The molecule has 0 aromatic rings. The molecular formula is C16H34N4O3S. The zero-order chi connectivity index (χ0) is 17.9. The first-order valence-electron chi connectivity index (χ1n) is 8.95. The molecule has 0 aromatic carbocycles. The summed E-state index contributed by atoms with van der Waals surface area (Å²) in [7, 11) is -1.39. The van der Waals surface area contributed by atoms with Gasteiger partial charge in [-0.25, -0.2) is 13.1 Å². The zero-order valence-electron chi connectivity index (χ0n) is 15.4. The van der Waals surface area contributed by atoms with Gasteiger partial charge in [0, 0.05) is 39.9 Å². The van der Waals surface area contributed by atoms with Crippen LogP contribution in [0.5, 0.6) is 0 Å². The van der Waals surface area contributed by atoms with E-state index in [0.29, 0.717) is 13.1 Å². The van der Waals surface area contributed by atoms with Crippen molar-refractivity contribution >= 4 is 16.0 Å². The molecule has 24 heavy (non-hydrogen) atoms. The Hall–Kier alpha value is -0.860. The lowest BCUT2D eigenvalue weighted by Crippen LogP contribution is -2.42. The normalized spacial score (nSPS) is 17.9. The molecule has 1 aliphatic carbocycles. The summed E-state index contributed by atoms with van der Waals surface area (Å²) in [6, 6.07) is 0. The molecule has 1 aliphatic rings. The lowest BCUT2D eigenvalue weighted by molar-refractivity contribution is 0.141. The van der Waals surface area contributed by atoms with Crippen LogP contribution in [0.4, 0.5) is 0 Å². The van der Waals surface area contributed by atoms with Gasteiger partial charge in [-0.2, -0.15) is 0 Å². The van der Waals surface area contributed by atoms with Gasteiger partial charge in [0.25, 0.3) is 0 Å². The van der Waals surface area contributed by atoms with Crippen molar-refractivity contribution in [3.63, 3.8) is 0 Å². The Bertz CT molecular complexity index is 474. The van der Waals surface area contributed by atoms with Crippen LogP contribution in [0.15, 0.2) is 4.99 Å². The summed E-state index contributed by atoms with van der Waals surface area (Å²) in [6.45, 7) is 6.85. The van der Waals surface area contributed by atoms with Gasteiger partial charge in [0.2, 0.25) is 10.0 Å². The summed E-state index contributed by atoms with van der Waals surface area (Å²) in [6.07, 6.45) is 5.98. The number of methoxy groups -OCH3 is 1. The monoisotopic (exact) mass is 362 g/mol.